The van der Waals surface area contributed by atoms with E-state index >= 15 is 0 Å². The van der Waals surface area contributed by atoms with E-state index in [0.717, 1.165) is 16.7 Å². The number of carbonyl (C=O) groups is 2. The van der Waals surface area contributed by atoms with Gasteiger partial charge in [0.2, 0.25) is 5.91 Å². The highest BCUT2D eigenvalue weighted by Crippen LogP contribution is 2.38. The fraction of sp³-hybridized carbons (Fsp3) is 0.412. The van der Waals surface area contributed by atoms with Crippen molar-refractivity contribution in [2.24, 2.45) is 0 Å². The number of hydrogen-bond acceptors (Lipinski definition) is 6. The molecular formula is C34H46N2O5Si. The predicted octanol–water partition coefficient (Wildman–Crippen LogP) is 5.65. The average molecular weight is 591 g/mol. The van der Waals surface area contributed by atoms with Crippen LogP contribution < -0.4 is 10.6 Å². The summed E-state index contributed by atoms with van der Waals surface area (Å²) in [6.45, 7) is 12.7. The van der Waals surface area contributed by atoms with Gasteiger partial charge in [0.25, 0.3) is 0 Å². The number of nitrogens with one attached hydrogen (secondary N) is 2. The van der Waals surface area contributed by atoms with Crippen molar-refractivity contribution in [1.82, 2.24) is 10.6 Å². The molecule has 226 valence electrons. The van der Waals surface area contributed by atoms with Gasteiger partial charge >= 0.3 is 5.97 Å². The molecule has 0 spiro atoms. The molecule has 3 aromatic carbocycles. The van der Waals surface area contributed by atoms with E-state index < -0.39 is 31.9 Å². The summed E-state index contributed by atoms with van der Waals surface area (Å²) in [4.78, 5) is 27.1. The third-order valence-corrected chi connectivity index (χ3v) is 12.5. The van der Waals surface area contributed by atoms with Crippen molar-refractivity contribution in [2.45, 2.75) is 63.4 Å². The minimum atomic E-state index is -2.20. The molecule has 0 radical (unpaired) electrons. The SMILES string of the molecule is CCOC(=O)[C@H](CO[Si](C)(C)C(C)(C)C)NC(=O)[C@H](COC)NC(c1ccccc1)(c1ccccc1)c1ccccc1. The number of carbonyl (C=O) groups excluding carboxylic acids is 2. The summed E-state index contributed by atoms with van der Waals surface area (Å²) in [5, 5.41) is 6.54. The van der Waals surface area contributed by atoms with E-state index in [1.54, 1.807) is 14.0 Å². The van der Waals surface area contributed by atoms with Crippen LogP contribution in [0.25, 0.3) is 0 Å². The van der Waals surface area contributed by atoms with E-state index in [-0.39, 0.29) is 30.8 Å². The Morgan fingerprint density at radius 3 is 1.60 bits per heavy atom. The predicted molar refractivity (Wildman–Crippen MR) is 170 cm³/mol. The van der Waals surface area contributed by atoms with E-state index in [1.807, 2.05) is 91.0 Å². The molecule has 0 unspecified atom stereocenters. The molecule has 0 aromatic heterocycles. The number of esters is 1. The largest absolute Gasteiger partial charge is 0.464 e. The van der Waals surface area contributed by atoms with Crippen LogP contribution in [0.15, 0.2) is 91.0 Å². The molecule has 0 saturated carbocycles. The van der Waals surface area contributed by atoms with Crippen LogP contribution in [-0.2, 0) is 29.0 Å². The number of amides is 1. The van der Waals surface area contributed by atoms with Gasteiger partial charge < -0.3 is 19.2 Å². The fourth-order valence-electron chi connectivity index (χ4n) is 4.62. The number of methoxy groups -OCH3 is 1. The van der Waals surface area contributed by atoms with Crippen LogP contribution in [0.2, 0.25) is 18.1 Å². The Hall–Kier alpha value is -3.30. The Morgan fingerprint density at radius 1 is 0.762 bits per heavy atom. The molecule has 0 bridgehead atoms. The van der Waals surface area contributed by atoms with Crippen molar-refractivity contribution in [1.29, 1.82) is 0 Å². The van der Waals surface area contributed by atoms with Gasteiger partial charge in [0.05, 0.1) is 25.4 Å². The summed E-state index contributed by atoms with van der Waals surface area (Å²) < 4.78 is 17.2. The zero-order valence-electron chi connectivity index (χ0n) is 26.0. The highest BCUT2D eigenvalue weighted by Gasteiger charge is 2.42. The van der Waals surface area contributed by atoms with Gasteiger partial charge in [0, 0.05) is 7.11 Å². The summed E-state index contributed by atoms with van der Waals surface area (Å²) in [7, 11) is -0.644. The molecule has 2 atom stereocenters. The van der Waals surface area contributed by atoms with Gasteiger partial charge in [0.15, 0.2) is 8.32 Å². The molecule has 8 heteroatoms. The van der Waals surface area contributed by atoms with Crippen molar-refractivity contribution in [3.8, 4) is 0 Å². The van der Waals surface area contributed by atoms with E-state index in [2.05, 4.69) is 44.5 Å². The van der Waals surface area contributed by atoms with Crippen molar-refractivity contribution < 1.29 is 23.5 Å². The maximum atomic E-state index is 14.0. The van der Waals surface area contributed by atoms with Gasteiger partial charge in [-0.05, 0) is 41.7 Å². The van der Waals surface area contributed by atoms with Crippen LogP contribution in [0, 0.1) is 0 Å². The second-order valence-electron chi connectivity index (χ2n) is 11.9. The molecule has 7 nitrogen and oxygen atoms in total. The van der Waals surface area contributed by atoms with Gasteiger partial charge in [-0.25, -0.2) is 4.79 Å². The van der Waals surface area contributed by atoms with E-state index in [1.165, 1.54) is 0 Å². The van der Waals surface area contributed by atoms with Crippen LogP contribution in [0.3, 0.4) is 0 Å². The lowest BCUT2D eigenvalue weighted by molar-refractivity contribution is -0.148. The maximum Gasteiger partial charge on any atom is 0.331 e. The Labute approximate surface area is 252 Å². The molecule has 0 heterocycles. The molecule has 0 saturated heterocycles. The van der Waals surface area contributed by atoms with Crippen LogP contribution in [0.4, 0.5) is 0 Å². The summed E-state index contributed by atoms with van der Waals surface area (Å²) >= 11 is 0. The van der Waals surface area contributed by atoms with Gasteiger partial charge in [-0.1, -0.05) is 112 Å². The first-order valence-corrected chi connectivity index (χ1v) is 17.4. The smallest absolute Gasteiger partial charge is 0.331 e. The lowest BCUT2D eigenvalue weighted by Gasteiger charge is -2.40. The molecule has 0 aliphatic rings. The van der Waals surface area contributed by atoms with Gasteiger partial charge in [-0.15, -0.1) is 0 Å². The monoisotopic (exact) mass is 590 g/mol. The summed E-state index contributed by atoms with van der Waals surface area (Å²) in [6, 6.07) is 28.3. The average Bonchev–Trinajstić information content (AvgIpc) is 2.98. The standard InChI is InChI=1S/C34H46N2O5Si/c1-8-40-32(38)30(25-41-42(6,7)33(2,3)4)35-31(37)29(24-39-5)36-34(26-18-12-9-13-19-26,27-20-14-10-15-21-27)28-22-16-11-17-23-28/h9-23,29-30,36H,8,24-25H2,1-7H3,(H,35,37)/t29-,30-/m0/s1. The molecule has 3 rings (SSSR count). The van der Waals surface area contributed by atoms with E-state index in [9.17, 15) is 9.59 Å². The summed E-state index contributed by atoms with van der Waals surface area (Å²) in [5.74, 6) is -0.915. The van der Waals surface area contributed by atoms with Crippen LogP contribution in [0.1, 0.15) is 44.4 Å². The second kappa shape index (κ2) is 14.7. The number of benzene rings is 3. The number of rotatable bonds is 14. The maximum absolute atomic E-state index is 14.0. The molecule has 2 N–H and O–H groups in total. The van der Waals surface area contributed by atoms with Crippen molar-refractivity contribution >= 4 is 20.2 Å². The van der Waals surface area contributed by atoms with Crippen LogP contribution in [0.5, 0.6) is 0 Å². The molecule has 3 aromatic rings. The lowest BCUT2D eigenvalue weighted by atomic mass is 9.76. The van der Waals surface area contributed by atoms with Crippen molar-refractivity contribution in [3.63, 3.8) is 0 Å². The minimum Gasteiger partial charge on any atom is -0.464 e. The summed E-state index contributed by atoms with van der Waals surface area (Å²) in [6.07, 6.45) is 0. The Kier molecular flexibility index (Phi) is 11.6. The molecular weight excluding hydrogens is 544 g/mol. The molecule has 0 aliphatic heterocycles. The third kappa shape index (κ3) is 7.95. The van der Waals surface area contributed by atoms with E-state index in [0.29, 0.717) is 0 Å². The zero-order valence-corrected chi connectivity index (χ0v) is 27.0. The highest BCUT2D eigenvalue weighted by molar-refractivity contribution is 6.74. The third-order valence-electron chi connectivity index (χ3n) is 7.97. The number of hydrogen-bond donors (Lipinski definition) is 2. The molecule has 0 fully saturated rings. The van der Waals surface area contributed by atoms with E-state index in [4.69, 9.17) is 13.9 Å². The number of ether oxygens (including phenoxy) is 2. The van der Waals surface area contributed by atoms with Gasteiger partial charge in [0.1, 0.15) is 12.1 Å². The quantitative estimate of drug-likeness (QED) is 0.143. The molecule has 1 amide bonds. The van der Waals surface area contributed by atoms with Gasteiger partial charge in [-0.2, -0.15) is 0 Å². The van der Waals surface area contributed by atoms with Crippen LogP contribution in [-0.4, -0.2) is 59.2 Å². The van der Waals surface area contributed by atoms with Crippen molar-refractivity contribution in [3.05, 3.63) is 108 Å². The first-order chi connectivity index (χ1) is 20.0. The lowest BCUT2D eigenvalue weighted by Crippen LogP contribution is -2.59. The zero-order chi connectivity index (χ0) is 30.8. The fourth-order valence-corrected chi connectivity index (χ4v) is 5.63. The normalized spacial score (nSPS) is 13.7. The Bertz CT molecular complexity index is 1170. The first kappa shape index (κ1) is 33.2. The van der Waals surface area contributed by atoms with Crippen LogP contribution >= 0.6 is 0 Å². The Balaban J connectivity index is 2.04. The second-order valence-corrected chi connectivity index (χ2v) is 16.7. The van der Waals surface area contributed by atoms with Crippen molar-refractivity contribution in [2.75, 3.05) is 26.9 Å². The molecule has 42 heavy (non-hydrogen) atoms. The Morgan fingerprint density at radius 2 is 1.21 bits per heavy atom. The summed E-state index contributed by atoms with van der Waals surface area (Å²) in [5.41, 5.74) is 1.97. The first-order valence-electron chi connectivity index (χ1n) is 14.5. The highest BCUT2D eigenvalue weighted by atomic mass is 28.4. The molecule has 0 aliphatic carbocycles. The van der Waals surface area contributed by atoms with Gasteiger partial charge in [-0.3, -0.25) is 10.1 Å². The minimum absolute atomic E-state index is 0.0297. The topological polar surface area (TPSA) is 85.9 Å².